The molecule has 2 aromatic rings. The number of hydrogen-bond acceptors (Lipinski definition) is 5. The number of hydrogen-bond donors (Lipinski definition) is 1. The molecule has 0 saturated carbocycles. The van der Waals surface area contributed by atoms with Crippen LogP contribution in [-0.4, -0.2) is 65.0 Å². The molecular formula is C24H22Cl2N4O4. The first kappa shape index (κ1) is 24.0. The van der Waals surface area contributed by atoms with E-state index < -0.39 is 23.4 Å². The lowest BCUT2D eigenvalue weighted by atomic mass is 9.80. The van der Waals surface area contributed by atoms with Crippen LogP contribution in [0.25, 0.3) is 0 Å². The number of rotatable bonds is 6. The lowest BCUT2D eigenvalue weighted by Crippen LogP contribution is -2.53. The van der Waals surface area contributed by atoms with Gasteiger partial charge >= 0.3 is 12.0 Å². The number of halogens is 2. The first-order chi connectivity index (χ1) is 16.2. The molecule has 0 aliphatic carbocycles. The summed E-state index contributed by atoms with van der Waals surface area (Å²) in [6, 6.07) is 13.1. The summed E-state index contributed by atoms with van der Waals surface area (Å²) in [6.07, 6.45) is 0.436. The summed E-state index contributed by atoms with van der Waals surface area (Å²) in [6.45, 7) is 1.18. The van der Waals surface area contributed by atoms with E-state index in [0.29, 0.717) is 40.8 Å². The van der Waals surface area contributed by atoms with Crippen LogP contribution in [0.4, 0.5) is 10.5 Å². The lowest BCUT2D eigenvalue weighted by molar-refractivity contribution is -0.137. The molecule has 2 fully saturated rings. The zero-order valence-electron chi connectivity index (χ0n) is 18.4. The first-order valence-corrected chi connectivity index (χ1v) is 11.5. The zero-order chi connectivity index (χ0) is 24.6. The molecule has 2 heterocycles. The number of likely N-dealkylation sites (tertiary alicyclic amines) is 1. The van der Waals surface area contributed by atoms with Gasteiger partial charge < -0.3 is 10.0 Å². The molecule has 10 heteroatoms. The number of carboxylic acids is 1. The third kappa shape index (κ3) is 4.11. The molecule has 0 aromatic heterocycles. The monoisotopic (exact) mass is 500 g/mol. The van der Waals surface area contributed by atoms with Crippen molar-refractivity contribution >= 4 is 46.8 Å². The van der Waals surface area contributed by atoms with Crippen LogP contribution in [0.1, 0.15) is 29.9 Å². The second-order valence-corrected chi connectivity index (χ2v) is 9.43. The number of carbonyl (C=O) groups excluding carboxylic acids is 2. The predicted octanol–water partition coefficient (Wildman–Crippen LogP) is 3.97. The maximum absolute atomic E-state index is 14.0. The maximum atomic E-state index is 14.0. The predicted molar refractivity (Wildman–Crippen MR) is 127 cm³/mol. The molecule has 2 atom stereocenters. The Bertz CT molecular complexity index is 1180. The minimum Gasteiger partial charge on any atom is -0.481 e. The summed E-state index contributed by atoms with van der Waals surface area (Å²) in [7, 11) is 1.60. The van der Waals surface area contributed by atoms with Crippen LogP contribution >= 0.6 is 23.2 Å². The van der Waals surface area contributed by atoms with Gasteiger partial charge in [-0.05, 0) is 48.9 Å². The Balaban J connectivity index is 1.75. The van der Waals surface area contributed by atoms with E-state index in [2.05, 4.69) is 6.07 Å². The van der Waals surface area contributed by atoms with E-state index in [0.717, 1.165) is 10.5 Å². The largest absolute Gasteiger partial charge is 0.481 e. The average Bonchev–Trinajstić information content (AvgIpc) is 3.25. The third-order valence-corrected chi connectivity index (χ3v) is 6.98. The number of carboxylic acid groups (broad SMARTS) is 1. The van der Waals surface area contributed by atoms with Gasteiger partial charge in [-0.2, -0.15) is 5.26 Å². The molecule has 176 valence electrons. The average molecular weight is 501 g/mol. The van der Waals surface area contributed by atoms with Gasteiger partial charge in [0.15, 0.2) is 0 Å². The highest BCUT2D eigenvalue weighted by Crippen LogP contribution is 2.46. The number of nitriles is 1. The molecule has 1 spiro atoms. The minimum absolute atomic E-state index is 0.0148. The summed E-state index contributed by atoms with van der Waals surface area (Å²) < 4.78 is 0. The molecular weight excluding hydrogens is 479 g/mol. The van der Waals surface area contributed by atoms with Crippen molar-refractivity contribution in [2.45, 2.75) is 24.3 Å². The Hall–Kier alpha value is -3.12. The fourth-order valence-corrected chi connectivity index (χ4v) is 5.43. The van der Waals surface area contributed by atoms with Gasteiger partial charge in [-0.1, -0.05) is 35.3 Å². The lowest BCUT2D eigenvalue weighted by Gasteiger charge is -2.34. The second kappa shape index (κ2) is 9.26. The molecule has 2 aliphatic heterocycles. The van der Waals surface area contributed by atoms with Crippen LogP contribution in [0.5, 0.6) is 0 Å². The number of urea groups is 1. The van der Waals surface area contributed by atoms with E-state index in [1.54, 1.807) is 31.3 Å². The highest BCUT2D eigenvalue weighted by Gasteiger charge is 2.64. The van der Waals surface area contributed by atoms with E-state index in [1.165, 1.54) is 23.1 Å². The van der Waals surface area contributed by atoms with E-state index in [-0.39, 0.29) is 18.9 Å². The Morgan fingerprint density at radius 2 is 1.82 bits per heavy atom. The second-order valence-electron chi connectivity index (χ2n) is 8.55. The van der Waals surface area contributed by atoms with Crippen LogP contribution in [-0.2, 0) is 9.59 Å². The van der Waals surface area contributed by atoms with Gasteiger partial charge in [0.2, 0.25) is 0 Å². The molecule has 0 unspecified atom stereocenters. The topological polar surface area (TPSA) is 105 Å². The standard InChI is InChI=1S/C24H22Cl2N4O4/c1-28-23(34)30(19-10-17(25)9-18(26)11-19)22(33)24(28)14-29(8-2-3-21(31)32)13-20(24)16-6-4-15(12-27)5-7-16/h4-7,9-11,20H,2-3,8,13-14H2,1H3,(H,31,32)/t20-,24-/m1/s1. The highest BCUT2D eigenvalue weighted by atomic mass is 35.5. The molecule has 4 rings (SSSR count). The molecule has 0 bridgehead atoms. The molecule has 2 aromatic carbocycles. The van der Waals surface area contributed by atoms with E-state index in [9.17, 15) is 14.4 Å². The normalized spacial score (nSPS) is 22.6. The molecule has 2 saturated heterocycles. The van der Waals surface area contributed by atoms with Crippen LogP contribution in [0, 0.1) is 11.3 Å². The third-order valence-electron chi connectivity index (χ3n) is 6.54. The van der Waals surface area contributed by atoms with Gasteiger partial charge in [0.05, 0.1) is 17.3 Å². The van der Waals surface area contributed by atoms with Crippen molar-refractivity contribution in [2.24, 2.45) is 0 Å². The summed E-state index contributed by atoms with van der Waals surface area (Å²) >= 11 is 12.3. The number of anilines is 1. The Morgan fingerprint density at radius 1 is 1.18 bits per heavy atom. The van der Waals surface area contributed by atoms with E-state index in [1.807, 2.05) is 4.90 Å². The SMILES string of the molecule is CN1C(=O)N(c2cc(Cl)cc(Cl)c2)C(=O)[C@]12CN(CCCC(=O)O)C[C@@H]2c1ccc(C#N)cc1. The Labute approximate surface area is 206 Å². The number of amides is 3. The van der Waals surface area contributed by atoms with Crippen molar-refractivity contribution in [1.82, 2.24) is 9.80 Å². The van der Waals surface area contributed by atoms with Gasteiger partial charge in [-0.3, -0.25) is 14.5 Å². The van der Waals surface area contributed by atoms with Crippen molar-refractivity contribution in [3.63, 3.8) is 0 Å². The minimum atomic E-state index is -1.21. The van der Waals surface area contributed by atoms with Gasteiger partial charge in [0.1, 0.15) is 5.54 Å². The molecule has 0 radical (unpaired) electrons. The van der Waals surface area contributed by atoms with Gasteiger partial charge in [-0.25, -0.2) is 9.69 Å². The maximum Gasteiger partial charge on any atom is 0.332 e. The van der Waals surface area contributed by atoms with Crippen molar-refractivity contribution in [3.05, 3.63) is 63.6 Å². The highest BCUT2D eigenvalue weighted by molar-refractivity contribution is 6.35. The summed E-state index contributed by atoms with van der Waals surface area (Å²) in [5.41, 5.74) is 0.396. The first-order valence-electron chi connectivity index (χ1n) is 10.7. The van der Waals surface area contributed by atoms with E-state index in [4.69, 9.17) is 33.6 Å². The Morgan fingerprint density at radius 3 is 2.41 bits per heavy atom. The van der Waals surface area contributed by atoms with Crippen molar-refractivity contribution in [1.29, 1.82) is 5.26 Å². The quantitative estimate of drug-likeness (QED) is 0.601. The van der Waals surface area contributed by atoms with Crippen LogP contribution in [0.2, 0.25) is 10.0 Å². The molecule has 8 nitrogen and oxygen atoms in total. The molecule has 2 aliphatic rings. The van der Waals surface area contributed by atoms with Gasteiger partial charge in [0.25, 0.3) is 5.91 Å². The van der Waals surface area contributed by atoms with E-state index >= 15 is 0 Å². The van der Waals surface area contributed by atoms with Gasteiger partial charge in [-0.15, -0.1) is 0 Å². The summed E-state index contributed by atoms with van der Waals surface area (Å²) in [4.78, 5) is 43.0. The smallest absolute Gasteiger partial charge is 0.332 e. The van der Waals surface area contributed by atoms with Crippen LogP contribution in [0.3, 0.4) is 0 Å². The number of benzene rings is 2. The fourth-order valence-electron chi connectivity index (χ4n) is 4.92. The molecule has 3 amide bonds. The zero-order valence-corrected chi connectivity index (χ0v) is 19.9. The Kier molecular flexibility index (Phi) is 6.54. The van der Waals surface area contributed by atoms with Crippen LogP contribution in [0.15, 0.2) is 42.5 Å². The van der Waals surface area contributed by atoms with Crippen molar-refractivity contribution < 1.29 is 19.5 Å². The number of likely N-dealkylation sites (N-methyl/N-ethyl adjacent to an activating group) is 1. The summed E-state index contributed by atoms with van der Waals surface area (Å²) in [5, 5.41) is 18.8. The number of aliphatic carboxylic acids is 1. The fraction of sp³-hybridized carbons (Fsp3) is 0.333. The molecule has 34 heavy (non-hydrogen) atoms. The molecule has 1 N–H and O–H groups in total. The van der Waals surface area contributed by atoms with Crippen LogP contribution < -0.4 is 4.90 Å². The van der Waals surface area contributed by atoms with Crippen molar-refractivity contribution in [2.75, 3.05) is 31.6 Å². The number of imide groups is 1. The summed E-state index contributed by atoms with van der Waals surface area (Å²) in [5.74, 6) is -1.66. The van der Waals surface area contributed by atoms with Gasteiger partial charge in [0, 0.05) is 42.5 Å². The van der Waals surface area contributed by atoms with Crippen molar-refractivity contribution in [3.8, 4) is 6.07 Å². The number of carbonyl (C=O) groups is 3. The number of nitrogens with zero attached hydrogens (tertiary/aromatic N) is 4.